The van der Waals surface area contributed by atoms with Gasteiger partial charge in [0, 0.05) is 16.9 Å². The summed E-state index contributed by atoms with van der Waals surface area (Å²) in [7, 11) is 0. The van der Waals surface area contributed by atoms with Crippen LogP contribution in [0.1, 0.15) is 24.1 Å². The topological polar surface area (TPSA) is 85.2 Å². The van der Waals surface area contributed by atoms with E-state index in [0.29, 0.717) is 16.9 Å². The highest BCUT2D eigenvalue weighted by Crippen LogP contribution is 2.24. The Kier molecular flexibility index (Phi) is 5.28. The highest BCUT2D eigenvalue weighted by molar-refractivity contribution is 5.91. The zero-order valence-corrected chi connectivity index (χ0v) is 12.5. The fourth-order valence-electron chi connectivity index (χ4n) is 2.16. The van der Waals surface area contributed by atoms with Crippen LogP contribution >= 0.6 is 0 Å². The van der Waals surface area contributed by atoms with Crippen LogP contribution in [0.5, 0.6) is 0 Å². The van der Waals surface area contributed by atoms with Gasteiger partial charge in [0.2, 0.25) is 5.91 Å². The van der Waals surface area contributed by atoms with Crippen LogP contribution < -0.4 is 10.6 Å². The summed E-state index contributed by atoms with van der Waals surface area (Å²) in [5.74, 6) is -0.956. The van der Waals surface area contributed by atoms with Crippen molar-refractivity contribution >= 4 is 17.3 Å². The van der Waals surface area contributed by atoms with Gasteiger partial charge in [-0.3, -0.25) is 4.79 Å². The van der Waals surface area contributed by atoms with Crippen LogP contribution in [-0.2, 0) is 4.79 Å². The smallest absolute Gasteiger partial charge is 0.250 e. The van der Waals surface area contributed by atoms with E-state index in [1.165, 1.54) is 6.07 Å². The Morgan fingerprint density at radius 2 is 2.04 bits per heavy atom. The highest BCUT2D eigenvalue weighted by atomic mass is 19.1. The van der Waals surface area contributed by atoms with Gasteiger partial charge < -0.3 is 15.7 Å². The minimum absolute atomic E-state index is 0.271. The van der Waals surface area contributed by atoms with Gasteiger partial charge in [-0.1, -0.05) is 12.1 Å². The standard InChI is InChI=1S/C17H16FN3O2/c1-11(15-6-5-12(9-19)7-16(15)18)20-13-3-2-4-14(8-13)21-17(23)10-22/h2-8,11,20,22H,10H2,1H3,(H,21,23). The van der Waals surface area contributed by atoms with E-state index in [1.807, 2.05) is 6.07 Å². The molecule has 6 heteroatoms. The number of carbonyl (C=O) groups is 1. The number of nitrogens with zero attached hydrogens (tertiary/aromatic N) is 1. The number of carbonyl (C=O) groups excluding carboxylic acids is 1. The predicted molar refractivity (Wildman–Crippen MR) is 85.3 cm³/mol. The minimum Gasteiger partial charge on any atom is -0.387 e. The number of halogens is 1. The molecule has 118 valence electrons. The van der Waals surface area contributed by atoms with Gasteiger partial charge in [0.1, 0.15) is 12.4 Å². The molecule has 0 heterocycles. The molecule has 2 rings (SSSR count). The molecule has 3 N–H and O–H groups in total. The van der Waals surface area contributed by atoms with Crippen molar-refractivity contribution in [2.24, 2.45) is 0 Å². The van der Waals surface area contributed by atoms with E-state index in [9.17, 15) is 9.18 Å². The van der Waals surface area contributed by atoms with Gasteiger partial charge in [-0.05, 0) is 37.3 Å². The molecule has 0 aliphatic rings. The lowest BCUT2D eigenvalue weighted by molar-refractivity contribution is -0.118. The third-order valence-corrected chi connectivity index (χ3v) is 3.27. The van der Waals surface area contributed by atoms with E-state index < -0.39 is 18.3 Å². The third kappa shape index (κ3) is 4.28. The maximum atomic E-state index is 14.0. The number of hydrogen-bond donors (Lipinski definition) is 3. The first kappa shape index (κ1) is 16.5. The maximum absolute atomic E-state index is 14.0. The first-order valence-corrected chi connectivity index (χ1v) is 7.00. The summed E-state index contributed by atoms with van der Waals surface area (Å²) in [5, 5.41) is 23.2. The molecule has 2 aromatic rings. The molecule has 1 amide bonds. The summed E-state index contributed by atoms with van der Waals surface area (Å²) in [6, 6.07) is 12.8. The Hall–Kier alpha value is -2.91. The number of aliphatic hydroxyl groups is 1. The first-order valence-electron chi connectivity index (χ1n) is 7.00. The van der Waals surface area contributed by atoms with Gasteiger partial charge in [-0.2, -0.15) is 5.26 Å². The summed E-state index contributed by atoms with van der Waals surface area (Å²) in [6.45, 7) is 1.20. The monoisotopic (exact) mass is 313 g/mol. The summed E-state index contributed by atoms with van der Waals surface area (Å²) in [6.07, 6.45) is 0. The van der Waals surface area contributed by atoms with Crippen molar-refractivity contribution in [3.8, 4) is 6.07 Å². The number of hydrogen-bond acceptors (Lipinski definition) is 4. The Morgan fingerprint density at radius 1 is 1.30 bits per heavy atom. The summed E-state index contributed by atoms with van der Waals surface area (Å²) < 4.78 is 14.0. The lowest BCUT2D eigenvalue weighted by atomic mass is 10.1. The Bertz CT molecular complexity index is 756. The van der Waals surface area contributed by atoms with E-state index in [1.54, 1.807) is 43.3 Å². The maximum Gasteiger partial charge on any atom is 0.250 e. The number of anilines is 2. The van der Waals surface area contributed by atoms with Gasteiger partial charge in [-0.25, -0.2) is 4.39 Å². The van der Waals surface area contributed by atoms with Crippen LogP contribution in [0.3, 0.4) is 0 Å². The zero-order chi connectivity index (χ0) is 16.8. The van der Waals surface area contributed by atoms with E-state index in [4.69, 9.17) is 10.4 Å². The van der Waals surface area contributed by atoms with E-state index in [-0.39, 0.29) is 11.6 Å². The second-order valence-electron chi connectivity index (χ2n) is 5.00. The number of aliphatic hydroxyl groups excluding tert-OH is 1. The van der Waals surface area contributed by atoms with E-state index >= 15 is 0 Å². The van der Waals surface area contributed by atoms with Crippen molar-refractivity contribution in [3.05, 3.63) is 59.4 Å². The fourth-order valence-corrected chi connectivity index (χ4v) is 2.16. The zero-order valence-electron chi connectivity index (χ0n) is 12.5. The van der Waals surface area contributed by atoms with Crippen molar-refractivity contribution in [1.29, 1.82) is 5.26 Å². The van der Waals surface area contributed by atoms with E-state index in [0.717, 1.165) is 0 Å². The van der Waals surface area contributed by atoms with Crippen LogP contribution in [0.4, 0.5) is 15.8 Å². The van der Waals surface area contributed by atoms with Gasteiger partial charge in [-0.15, -0.1) is 0 Å². The molecule has 0 aliphatic carbocycles. The van der Waals surface area contributed by atoms with Crippen LogP contribution in [0.2, 0.25) is 0 Å². The van der Waals surface area contributed by atoms with Gasteiger partial charge in [0.25, 0.3) is 0 Å². The van der Waals surface area contributed by atoms with Crippen molar-refractivity contribution in [2.45, 2.75) is 13.0 Å². The molecule has 0 saturated heterocycles. The Balaban J connectivity index is 2.14. The molecule has 5 nitrogen and oxygen atoms in total. The van der Waals surface area contributed by atoms with Crippen LogP contribution in [0.25, 0.3) is 0 Å². The molecule has 0 saturated carbocycles. The van der Waals surface area contributed by atoms with Crippen LogP contribution in [0.15, 0.2) is 42.5 Å². The van der Waals surface area contributed by atoms with Crippen molar-refractivity contribution in [1.82, 2.24) is 0 Å². The molecule has 0 radical (unpaired) electrons. The largest absolute Gasteiger partial charge is 0.387 e. The molecule has 1 unspecified atom stereocenters. The Morgan fingerprint density at radius 3 is 2.70 bits per heavy atom. The van der Waals surface area contributed by atoms with Crippen molar-refractivity contribution < 1.29 is 14.3 Å². The lowest BCUT2D eigenvalue weighted by Gasteiger charge is -2.17. The molecule has 23 heavy (non-hydrogen) atoms. The predicted octanol–water partition coefficient (Wildman–Crippen LogP) is 2.80. The number of nitrogens with one attached hydrogen (secondary N) is 2. The number of rotatable bonds is 5. The summed E-state index contributed by atoms with van der Waals surface area (Å²) >= 11 is 0. The lowest BCUT2D eigenvalue weighted by Crippen LogP contribution is -2.15. The molecular weight excluding hydrogens is 297 g/mol. The van der Waals surface area contributed by atoms with Crippen molar-refractivity contribution in [2.75, 3.05) is 17.2 Å². The van der Waals surface area contributed by atoms with Crippen LogP contribution in [0, 0.1) is 17.1 Å². The summed E-state index contributed by atoms with van der Waals surface area (Å²) in [5.41, 5.74) is 1.93. The molecule has 1 atom stereocenters. The number of benzene rings is 2. The SMILES string of the molecule is CC(Nc1cccc(NC(=O)CO)c1)c1ccc(C#N)cc1F. The van der Waals surface area contributed by atoms with Gasteiger partial charge in [0.15, 0.2) is 0 Å². The highest BCUT2D eigenvalue weighted by Gasteiger charge is 2.12. The summed E-state index contributed by atoms with van der Waals surface area (Å²) in [4.78, 5) is 11.2. The first-order chi connectivity index (χ1) is 11.0. The van der Waals surface area contributed by atoms with Crippen molar-refractivity contribution in [3.63, 3.8) is 0 Å². The number of amides is 1. The molecule has 0 aromatic heterocycles. The van der Waals surface area contributed by atoms with Gasteiger partial charge in [0.05, 0.1) is 17.7 Å². The third-order valence-electron chi connectivity index (χ3n) is 3.27. The molecule has 0 aliphatic heterocycles. The quantitative estimate of drug-likeness (QED) is 0.792. The normalized spacial score (nSPS) is 11.4. The average molecular weight is 313 g/mol. The molecule has 0 fully saturated rings. The molecule has 2 aromatic carbocycles. The average Bonchev–Trinajstić information content (AvgIpc) is 2.54. The van der Waals surface area contributed by atoms with Crippen LogP contribution in [-0.4, -0.2) is 17.6 Å². The van der Waals surface area contributed by atoms with E-state index in [2.05, 4.69) is 10.6 Å². The second-order valence-corrected chi connectivity index (χ2v) is 5.00. The molecular formula is C17H16FN3O2. The fraction of sp³-hybridized carbons (Fsp3) is 0.176. The molecule has 0 spiro atoms. The molecule has 0 bridgehead atoms. The Labute approximate surface area is 133 Å². The van der Waals surface area contributed by atoms with Gasteiger partial charge >= 0.3 is 0 Å². The minimum atomic E-state index is -0.593. The second kappa shape index (κ2) is 7.38. The number of nitriles is 1.